The van der Waals surface area contributed by atoms with Crippen LogP contribution in [0, 0.1) is 5.92 Å². The summed E-state index contributed by atoms with van der Waals surface area (Å²) in [5.74, 6) is -4.36. The number of thioether (sulfide) groups is 1. The molecule has 0 radical (unpaired) electrons. The number of carbonyl (C=O) groups is 3. The Kier molecular flexibility index (Phi) is 8.51. The highest BCUT2D eigenvalue weighted by atomic mass is 32.2. The number of alkyl halides is 3. The fraction of sp³-hybridized carbons (Fsp3) is 0.226. The van der Waals surface area contributed by atoms with Gasteiger partial charge in [-0.25, -0.2) is 18.5 Å². The van der Waals surface area contributed by atoms with Gasteiger partial charge in [-0.2, -0.15) is 13.2 Å². The summed E-state index contributed by atoms with van der Waals surface area (Å²) in [6.45, 7) is -0.499. The second-order valence-corrected chi connectivity index (χ2v) is 15.0. The van der Waals surface area contributed by atoms with Gasteiger partial charge in [-0.05, 0) is 54.1 Å². The van der Waals surface area contributed by atoms with E-state index in [-0.39, 0.29) is 15.6 Å². The minimum Gasteiger partial charge on any atom is -0.378 e. The summed E-state index contributed by atoms with van der Waals surface area (Å²) in [5, 5.41) is 6.76. The molecule has 3 amide bonds. The van der Waals surface area contributed by atoms with Crippen molar-refractivity contribution in [2.45, 2.75) is 33.8 Å². The van der Waals surface area contributed by atoms with Crippen LogP contribution in [-0.4, -0.2) is 50.1 Å². The number of nitrogens with one attached hydrogen (secondary N) is 1. The molecule has 0 bridgehead atoms. The number of fused-ring (bicyclic) bond motifs is 2. The van der Waals surface area contributed by atoms with E-state index in [2.05, 4.69) is 5.32 Å². The molecule has 3 N–H and O–H groups in total. The number of nitrogens with zero attached hydrogens (tertiary/aromatic N) is 3. The number of amides is 3. The number of hydrogen-bond donors (Lipinski definition) is 2. The van der Waals surface area contributed by atoms with E-state index in [1.165, 1.54) is 41.0 Å². The summed E-state index contributed by atoms with van der Waals surface area (Å²) >= 11 is 1.66. The standard InChI is InChI=1S/C31H26F3N5O6S3/c1-37(2)18-11-7-16(8-12-18)23-24-25(28(42)39(27(24)41)21-6-4-3-5-20(21)31(32,33)34)46-29-26(23)47-30(43)38(29)15-22(40)36-17-9-13-19(14-10-17)48(35,44)45/h3-14,23-25H,15H2,1-2H3,(H,36,40)(H2,35,44,45). The first-order chi connectivity index (χ1) is 22.6. The van der Waals surface area contributed by atoms with Crippen molar-refractivity contribution in [3.05, 3.63) is 98.5 Å². The fourth-order valence-corrected chi connectivity index (χ4v) is 9.10. The van der Waals surface area contributed by atoms with Gasteiger partial charge in [-0.3, -0.25) is 23.7 Å². The zero-order valence-electron chi connectivity index (χ0n) is 25.1. The van der Waals surface area contributed by atoms with Crippen molar-refractivity contribution in [3.63, 3.8) is 0 Å². The zero-order chi connectivity index (χ0) is 34.7. The van der Waals surface area contributed by atoms with Crippen molar-refractivity contribution < 1.29 is 36.0 Å². The SMILES string of the molecule is CN(C)c1ccc(C2c3sc(=O)n(CC(=O)Nc4ccc(S(N)(=O)=O)cc4)c3SC3C(=O)N(c4ccccc4C(F)(F)F)C(=O)C32)cc1. The van der Waals surface area contributed by atoms with Crippen molar-refractivity contribution in [3.8, 4) is 0 Å². The molecule has 250 valence electrons. The molecule has 2 aliphatic rings. The number of thiazole rings is 1. The van der Waals surface area contributed by atoms with Crippen molar-refractivity contribution in [2.24, 2.45) is 11.1 Å². The number of anilines is 3. The molecule has 0 saturated carbocycles. The van der Waals surface area contributed by atoms with E-state index in [1.54, 1.807) is 24.3 Å². The number of imide groups is 1. The molecule has 1 fully saturated rings. The molecule has 3 heterocycles. The van der Waals surface area contributed by atoms with Gasteiger partial charge in [-0.15, -0.1) is 0 Å². The zero-order valence-corrected chi connectivity index (χ0v) is 27.5. The lowest BCUT2D eigenvalue weighted by atomic mass is 9.83. The molecule has 1 aromatic heterocycles. The summed E-state index contributed by atoms with van der Waals surface area (Å²) in [6.07, 6.45) is -4.84. The Morgan fingerprint density at radius 2 is 1.60 bits per heavy atom. The number of halogens is 3. The van der Waals surface area contributed by atoms with Crippen LogP contribution in [0.1, 0.15) is 21.9 Å². The molecule has 0 aliphatic carbocycles. The highest BCUT2D eigenvalue weighted by Gasteiger charge is 2.57. The van der Waals surface area contributed by atoms with E-state index in [0.29, 0.717) is 15.3 Å². The third-order valence-electron chi connectivity index (χ3n) is 8.04. The molecule has 2 aliphatic heterocycles. The van der Waals surface area contributed by atoms with Gasteiger partial charge in [0.05, 0.1) is 27.1 Å². The van der Waals surface area contributed by atoms with Gasteiger partial charge in [0.2, 0.25) is 27.7 Å². The summed E-state index contributed by atoms with van der Waals surface area (Å²) in [6, 6.07) is 16.5. The van der Waals surface area contributed by atoms with Crippen LogP contribution in [0.5, 0.6) is 0 Å². The Morgan fingerprint density at radius 3 is 2.21 bits per heavy atom. The molecular weight excluding hydrogens is 692 g/mol. The largest absolute Gasteiger partial charge is 0.418 e. The molecule has 3 unspecified atom stereocenters. The minimum atomic E-state index is -4.84. The third-order valence-corrected chi connectivity index (χ3v) is 11.6. The molecule has 48 heavy (non-hydrogen) atoms. The topological polar surface area (TPSA) is 152 Å². The maximum atomic E-state index is 14.1. The lowest BCUT2D eigenvalue weighted by molar-refractivity contribution is -0.137. The normalized spacial score (nSPS) is 19.2. The number of benzene rings is 3. The number of para-hydroxylation sites is 1. The van der Waals surface area contributed by atoms with Gasteiger partial charge in [0.1, 0.15) is 11.8 Å². The van der Waals surface area contributed by atoms with Gasteiger partial charge in [0, 0.05) is 36.3 Å². The Balaban J connectivity index is 1.40. The molecule has 17 heteroatoms. The van der Waals surface area contributed by atoms with Crippen LogP contribution < -0.4 is 25.1 Å². The predicted octanol–water partition coefficient (Wildman–Crippen LogP) is 4.08. The van der Waals surface area contributed by atoms with Crippen LogP contribution in [0.3, 0.4) is 0 Å². The first-order valence-electron chi connectivity index (χ1n) is 14.2. The lowest BCUT2D eigenvalue weighted by Crippen LogP contribution is -2.33. The Bertz CT molecular complexity index is 2110. The van der Waals surface area contributed by atoms with Crippen molar-refractivity contribution in [2.75, 3.05) is 29.2 Å². The molecule has 11 nitrogen and oxygen atoms in total. The van der Waals surface area contributed by atoms with E-state index in [0.717, 1.165) is 40.9 Å². The predicted molar refractivity (Wildman–Crippen MR) is 175 cm³/mol. The maximum Gasteiger partial charge on any atom is 0.418 e. The average Bonchev–Trinajstić information content (AvgIpc) is 3.46. The van der Waals surface area contributed by atoms with E-state index in [1.807, 2.05) is 19.0 Å². The molecule has 3 aromatic carbocycles. The number of aromatic nitrogens is 1. The Hall–Kier alpha value is -4.45. The highest BCUT2D eigenvalue weighted by molar-refractivity contribution is 8.00. The summed E-state index contributed by atoms with van der Waals surface area (Å²) in [5.41, 5.74) is -0.0912. The number of hydrogen-bond acceptors (Lipinski definition) is 9. The second-order valence-electron chi connectivity index (χ2n) is 11.3. The van der Waals surface area contributed by atoms with Gasteiger partial charge in [-0.1, -0.05) is 47.4 Å². The van der Waals surface area contributed by atoms with Crippen LogP contribution in [0.15, 0.2) is 87.5 Å². The molecular formula is C31H26F3N5O6S3. The summed E-state index contributed by atoms with van der Waals surface area (Å²) < 4.78 is 66.3. The molecule has 3 atom stereocenters. The number of nitrogens with two attached hydrogens (primary N) is 1. The van der Waals surface area contributed by atoms with Gasteiger partial charge >= 0.3 is 11.0 Å². The van der Waals surface area contributed by atoms with E-state index >= 15 is 0 Å². The van der Waals surface area contributed by atoms with Crippen LogP contribution >= 0.6 is 23.1 Å². The quantitative estimate of drug-likeness (QED) is 0.272. The summed E-state index contributed by atoms with van der Waals surface area (Å²) in [4.78, 5) is 56.7. The highest BCUT2D eigenvalue weighted by Crippen LogP contribution is 2.54. The lowest BCUT2D eigenvalue weighted by Gasteiger charge is -2.31. The maximum absolute atomic E-state index is 14.1. The number of sulfonamides is 1. The molecule has 1 saturated heterocycles. The van der Waals surface area contributed by atoms with Crippen molar-refractivity contribution in [1.82, 2.24) is 4.57 Å². The fourth-order valence-electron chi connectivity index (χ4n) is 5.81. The average molecular weight is 718 g/mol. The Morgan fingerprint density at radius 1 is 0.958 bits per heavy atom. The molecule has 0 spiro atoms. The van der Waals surface area contributed by atoms with Crippen LogP contribution in [0.2, 0.25) is 0 Å². The second kappa shape index (κ2) is 12.2. The van der Waals surface area contributed by atoms with Gasteiger partial charge in [0.25, 0.3) is 0 Å². The van der Waals surface area contributed by atoms with Crippen molar-refractivity contribution in [1.29, 1.82) is 0 Å². The van der Waals surface area contributed by atoms with Gasteiger partial charge in [0.15, 0.2) is 0 Å². The molecule has 4 aromatic rings. The monoisotopic (exact) mass is 717 g/mol. The van der Waals surface area contributed by atoms with Crippen LogP contribution in [-0.2, 0) is 37.1 Å². The number of carbonyl (C=O) groups excluding carboxylic acids is 3. The number of rotatable bonds is 7. The first-order valence-corrected chi connectivity index (χ1v) is 17.4. The van der Waals surface area contributed by atoms with E-state index < -0.39 is 73.7 Å². The molecule has 6 rings (SSSR count). The Labute approximate surface area is 280 Å². The van der Waals surface area contributed by atoms with Crippen molar-refractivity contribution >= 4 is 67.9 Å². The smallest absolute Gasteiger partial charge is 0.378 e. The number of primary sulfonamides is 1. The third kappa shape index (κ3) is 6.02. The summed E-state index contributed by atoms with van der Waals surface area (Å²) in [7, 11) is -0.291. The van der Waals surface area contributed by atoms with Crippen LogP contribution in [0.25, 0.3) is 0 Å². The minimum absolute atomic E-state index is 0.165. The first kappa shape index (κ1) is 33.5. The van der Waals surface area contributed by atoms with Gasteiger partial charge < -0.3 is 10.2 Å². The van der Waals surface area contributed by atoms with Crippen LogP contribution in [0.4, 0.5) is 30.2 Å². The van der Waals surface area contributed by atoms with E-state index in [4.69, 9.17) is 5.14 Å². The van der Waals surface area contributed by atoms with E-state index in [9.17, 15) is 40.8 Å².